The van der Waals surface area contributed by atoms with Gasteiger partial charge in [0.25, 0.3) is 5.91 Å². The molecule has 0 atom stereocenters. The third-order valence-electron chi connectivity index (χ3n) is 4.16. The van der Waals surface area contributed by atoms with Crippen molar-refractivity contribution in [2.45, 2.75) is 13.8 Å². The first-order valence-corrected chi connectivity index (χ1v) is 8.60. The molecule has 0 saturated carbocycles. The molecule has 0 aliphatic heterocycles. The lowest BCUT2D eigenvalue weighted by Crippen LogP contribution is -2.35. The second kappa shape index (κ2) is 8.24. The normalized spacial score (nSPS) is 10.5. The Kier molecular flexibility index (Phi) is 5.58. The highest BCUT2D eigenvalue weighted by Crippen LogP contribution is 2.15. The zero-order chi connectivity index (χ0) is 18.4. The average Bonchev–Trinajstić information content (AvgIpc) is 3.20. The quantitative estimate of drug-likeness (QED) is 0.707. The third kappa shape index (κ3) is 4.24. The summed E-state index contributed by atoms with van der Waals surface area (Å²) in [5.41, 5.74) is 3.82. The van der Waals surface area contributed by atoms with Crippen molar-refractivity contribution < 1.29 is 4.79 Å². The maximum Gasteiger partial charge on any atom is 0.251 e. The summed E-state index contributed by atoms with van der Waals surface area (Å²) in [6.07, 6.45) is 1.51. The lowest BCUT2D eigenvalue weighted by molar-refractivity contribution is 0.0954. The van der Waals surface area contributed by atoms with Crippen LogP contribution in [0.15, 0.2) is 54.9 Å². The second-order valence-corrected chi connectivity index (χ2v) is 5.98. The number of benzene rings is 2. The second-order valence-electron chi connectivity index (χ2n) is 5.98. The van der Waals surface area contributed by atoms with Crippen molar-refractivity contribution >= 4 is 11.6 Å². The lowest BCUT2D eigenvalue weighted by Gasteiger charge is -2.23. The number of hydrogen-bond donors (Lipinski definition) is 1. The Morgan fingerprint density at radius 1 is 1.19 bits per heavy atom. The number of aryl methyl sites for hydroxylation is 1. The Morgan fingerprint density at radius 2 is 2.00 bits per heavy atom. The van der Waals surface area contributed by atoms with Gasteiger partial charge in [-0.05, 0) is 66.2 Å². The number of likely N-dealkylation sites (N-methyl/N-ethyl adjacent to an activating group) is 1. The van der Waals surface area contributed by atoms with Gasteiger partial charge in [-0.3, -0.25) is 4.79 Å². The number of nitrogens with zero attached hydrogens (tertiary/aromatic N) is 5. The minimum Gasteiger partial charge on any atom is -0.370 e. The van der Waals surface area contributed by atoms with Crippen LogP contribution in [-0.2, 0) is 0 Å². The number of nitrogens with one attached hydrogen (secondary N) is 1. The van der Waals surface area contributed by atoms with E-state index in [4.69, 9.17) is 0 Å². The van der Waals surface area contributed by atoms with Crippen LogP contribution in [0.5, 0.6) is 0 Å². The van der Waals surface area contributed by atoms with Crippen molar-refractivity contribution in [3.8, 4) is 5.69 Å². The number of hydrogen-bond acceptors (Lipinski definition) is 5. The summed E-state index contributed by atoms with van der Waals surface area (Å²) in [5.74, 6) is -0.0893. The molecular formula is C19H22N6O. The smallest absolute Gasteiger partial charge is 0.251 e. The first kappa shape index (κ1) is 17.6. The van der Waals surface area contributed by atoms with E-state index in [0.29, 0.717) is 12.1 Å². The van der Waals surface area contributed by atoms with Gasteiger partial charge in [-0.2, -0.15) is 0 Å². The standard InChI is InChI=1S/C19H22N6O/c1-3-24(18-6-4-5-15(2)13-18)12-11-20-19(26)16-7-9-17(10-8-16)25-14-21-22-23-25/h4-10,13-14H,3,11-12H2,1-2H3,(H,20,26). The molecule has 0 aliphatic rings. The fraction of sp³-hybridized carbons (Fsp3) is 0.263. The van der Waals surface area contributed by atoms with Crippen LogP contribution >= 0.6 is 0 Å². The van der Waals surface area contributed by atoms with Gasteiger partial charge in [0.15, 0.2) is 0 Å². The van der Waals surface area contributed by atoms with Crippen LogP contribution in [0.25, 0.3) is 5.69 Å². The zero-order valence-electron chi connectivity index (χ0n) is 15.0. The Bertz CT molecular complexity index is 845. The Morgan fingerprint density at radius 3 is 2.65 bits per heavy atom. The largest absolute Gasteiger partial charge is 0.370 e. The van der Waals surface area contributed by atoms with E-state index in [-0.39, 0.29) is 5.91 Å². The SMILES string of the molecule is CCN(CCNC(=O)c1ccc(-n2cnnn2)cc1)c1cccc(C)c1. The van der Waals surface area contributed by atoms with E-state index in [2.05, 4.69) is 63.9 Å². The zero-order valence-corrected chi connectivity index (χ0v) is 15.0. The molecule has 7 heteroatoms. The topological polar surface area (TPSA) is 75.9 Å². The van der Waals surface area contributed by atoms with Crippen LogP contribution in [0.3, 0.4) is 0 Å². The molecular weight excluding hydrogens is 328 g/mol. The van der Waals surface area contributed by atoms with Gasteiger partial charge in [-0.15, -0.1) is 5.10 Å². The molecule has 0 bridgehead atoms. The Hall–Kier alpha value is -3.22. The van der Waals surface area contributed by atoms with Crippen LogP contribution in [-0.4, -0.2) is 45.7 Å². The summed E-state index contributed by atoms with van der Waals surface area (Å²) in [4.78, 5) is 14.6. The van der Waals surface area contributed by atoms with Crippen LogP contribution in [0.1, 0.15) is 22.8 Å². The van der Waals surface area contributed by atoms with Crippen molar-refractivity contribution in [1.82, 2.24) is 25.5 Å². The first-order chi connectivity index (χ1) is 12.7. The van der Waals surface area contributed by atoms with Crippen LogP contribution in [0.4, 0.5) is 5.69 Å². The van der Waals surface area contributed by atoms with E-state index >= 15 is 0 Å². The number of rotatable bonds is 7. The van der Waals surface area contributed by atoms with Crippen molar-refractivity contribution in [1.29, 1.82) is 0 Å². The Balaban J connectivity index is 1.55. The van der Waals surface area contributed by atoms with E-state index in [1.807, 2.05) is 12.1 Å². The molecule has 0 fully saturated rings. The molecule has 134 valence electrons. The molecule has 26 heavy (non-hydrogen) atoms. The molecule has 7 nitrogen and oxygen atoms in total. The minimum atomic E-state index is -0.0893. The van der Waals surface area contributed by atoms with Crippen molar-refractivity contribution in [2.75, 3.05) is 24.5 Å². The summed E-state index contributed by atoms with van der Waals surface area (Å²) < 4.78 is 1.54. The van der Waals surface area contributed by atoms with Gasteiger partial charge in [0, 0.05) is 30.9 Å². The summed E-state index contributed by atoms with van der Waals surface area (Å²) >= 11 is 0. The number of carbonyl (C=O) groups excluding carboxylic acids is 1. The molecule has 0 unspecified atom stereocenters. The molecule has 0 aliphatic carbocycles. The van der Waals surface area contributed by atoms with Crippen molar-refractivity contribution in [3.05, 3.63) is 66.0 Å². The summed E-state index contributed by atoms with van der Waals surface area (Å²) in [7, 11) is 0. The lowest BCUT2D eigenvalue weighted by atomic mass is 10.2. The molecule has 0 spiro atoms. The highest BCUT2D eigenvalue weighted by molar-refractivity contribution is 5.94. The summed E-state index contributed by atoms with van der Waals surface area (Å²) in [6, 6.07) is 15.6. The molecule has 3 rings (SSSR count). The molecule has 0 radical (unpaired) electrons. The molecule has 2 aromatic carbocycles. The monoisotopic (exact) mass is 350 g/mol. The maximum absolute atomic E-state index is 12.3. The molecule has 3 aromatic rings. The van der Waals surface area contributed by atoms with Gasteiger partial charge in [0.05, 0.1) is 5.69 Å². The predicted molar refractivity (Wildman–Crippen MR) is 101 cm³/mol. The number of amides is 1. The number of anilines is 1. The van der Waals surface area contributed by atoms with E-state index in [1.54, 1.807) is 16.8 Å². The summed E-state index contributed by atoms with van der Waals surface area (Å²) in [6.45, 7) is 6.42. The number of aromatic nitrogens is 4. The third-order valence-corrected chi connectivity index (χ3v) is 4.16. The molecule has 0 saturated heterocycles. The highest BCUT2D eigenvalue weighted by Gasteiger charge is 2.08. The molecule has 1 amide bonds. The van der Waals surface area contributed by atoms with E-state index in [0.717, 1.165) is 18.8 Å². The van der Waals surface area contributed by atoms with Gasteiger partial charge >= 0.3 is 0 Å². The predicted octanol–water partition coefficient (Wildman–Crippen LogP) is 2.23. The van der Waals surface area contributed by atoms with Gasteiger partial charge in [-0.1, -0.05) is 12.1 Å². The number of tetrazole rings is 1. The first-order valence-electron chi connectivity index (χ1n) is 8.60. The van der Waals surface area contributed by atoms with Crippen LogP contribution < -0.4 is 10.2 Å². The highest BCUT2D eigenvalue weighted by atomic mass is 16.1. The summed E-state index contributed by atoms with van der Waals surface area (Å²) in [5, 5.41) is 14.0. The van der Waals surface area contributed by atoms with Gasteiger partial charge in [0.1, 0.15) is 6.33 Å². The fourth-order valence-electron chi connectivity index (χ4n) is 2.75. The maximum atomic E-state index is 12.3. The Labute approximate surface area is 152 Å². The molecule has 1 heterocycles. The van der Waals surface area contributed by atoms with E-state index in [9.17, 15) is 4.79 Å². The van der Waals surface area contributed by atoms with Crippen LogP contribution in [0.2, 0.25) is 0 Å². The van der Waals surface area contributed by atoms with Gasteiger partial charge < -0.3 is 10.2 Å². The molecule has 1 N–H and O–H groups in total. The minimum absolute atomic E-state index is 0.0893. The fourth-order valence-corrected chi connectivity index (χ4v) is 2.75. The van der Waals surface area contributed by atoms with Crippen molar-refractivity contribution in [3.63, 3.8) is 0 Å². The average molecular weight is 350 g/mol. The van der Waals surface area contributed by atoms with Gasteiger partial charge in [-0.25, -0.2) is 4.68 Å². The van der Waals surface area contributed by atoms with E-state index in [1.165, 1.54) is 17.6 Å². The van der Waals surface area contributed by atoms with E-state index < -0.39 is 0 Å². The molecule has 1 aromatic heterocycles. The number of carbonyl (C=O) groups is 1. The van der Waals surface area contributed by atoms with Gasteiger partial charge in [0.2, 0.25) is 0 Å². The van der Waals surface area contributed by atoms with Crippen molar-refractivity contribution in [2.24, 2.45) is 0 Å². The van der Waals surface area contributed by atoms with Crippen LogP contribution in [0, 0.1) is 6.92 Å².